The average molecular weight is 965 g/mol. The Kier molecular flexibility index (Phi) is 13.5. The third kappa shape index (κ3) is 9.83. The van der Waals surface area contributed by atoms with Crippen molar-refractivity contribution in [2.45, 2.75) is 88.0 Å². The molecule has 1 aliphatic carbocycles. The van der Waals surface area contributed by atoms with E-state index in [1.807, 2.05) is 18.3 Å². The summed E-state index contributed by atoms with van der Waals surface area (Å²) in [6.07, 6.45) is 8.11. The van der Waals surface area contributed by atoms with Gasteiger partial charge in [-0.1, -0.05) is 24.3 Å². The van der Waals surface area contributed by atoms with Crippen molar-refractivity contribution in [3.8, 4) is 11.5 Å². The van der Waals surface area contributed by atoms with Crippen LogP contribution in [0.15, 0.2) is 77.8 Å². The van der Waals surface area contributed by atoms with Crippen molar-refractivity contribution in [1.29, 1.82) is 0 Å². The van der Waals surface area contributed by atoms with Gasteiger partial charge in [0.15, 0.2) is 23.0 Å². The highest BCUT2D eigenvalue weighted by Crippen LogP contribution is 2.53. The highest BCUT2D eigenvalue weighted by molar-refractivity contribution is 7.90. The molecule has 5 fully saturated rings. The monoisotopic (exact) mass is 964 g/mol. The van der Waals surface area contributed by atoms with E-state index >= 15 is 0 Å². The van der Waals surface area contributed by atoms with Crippen molar-refractivity contribution in [3.05, 3.63) is 105 Å². The summed E-state index contributed by atoms with van der Waals surface area (Å²) in [6, 6.07) is 21.0. The minimum Gasteiger partial charge on any atom is -0.493 e. The molecule has 368 valence electrons. The molecule has 1 spiro atoms. The van der Waals surface area contributed by atoms with E-state index in [1.54, 1.807) is 19.2 Å². The molecule has 6 aliphatic rings. The standard InChI is InChI=1S/C51H64N8O9S/c1-34-6-4-5-7-42(34)45-31-55(30-36-24-47(65-3)49(52-29-36)57-20-23-67-32-35(57)2)18-19-58(45)40-27-51(28-40)14-16-56(17-15-51)39-10-8-38(9-11-39)50(60)54-69(63,64)41-25-44(59(61)62)48-46(26-41)68-33-43(53-48)37-12-21-66-22-13-37/h4-11,24-26,29,35,37,40,43,45,53H,12-23,27-28,30-33H2,1-3H3,(H,54,60)/t35-,43-,45-/m0/s1. The number of sulfonamides is 1. The summed E-state index contributed by atoms with van der Waals surface area (Å²) in [4.78, 5) is 39.4. The number of benzene rings is 3. The van der Waals surface area contributed by atoms with Gasteiger partial charge in [0.25, 0.3) is 21.6 Å². The molecule has 0 radical (unpaired) electrons. The maximum Gasteiger partial charge on any atom is 0.297 e. The summed E-state index contributed by atoms with van der Waals surface area (Å²) in [5, 5.41) is 15.4. The first-order valence-electron chi connectivity index (χ1n) is 24.5. The predicted molar refractivity (Wildman–Crippen MR) is 262 cm³/mol. The molecule has 1 saturated carbocycles. The number of aryl methyl sites for hydroxylation is 1. The minimum absolute atomic E-state index is 0.0581. The Morgan fingerprint density at radius 2 is 1.74 bits per heavy atom. The second-order valence-corrected chi connectivity index (χ2v) is 21.6. The first kappa shape index (κ1) is 47.2. The molecule has 10 rings (SSSR count). The lowest BCUT2D eigenvalue weighted by Gasteiger charge is -2.58. The van der Waals surface area contributed by atoms with Crippen LogP contribution < -0.4 is 29.3 Å². The zero-order chi connectivity index (χ0) is 47.9. The molecular formula is C51H64N8O9S. The van der Waals surface area contributed by atoms with Crippen LogP contribution in [-0.2, 0) is 26.0 Å². The molecule has 6 heterocycles. The number of anilines is 3. The highest BCUT2D eigenvalue weighted by atomic mass is 32.2. The number of fused-ring (bicyclic) bond motifs is 1. The second kappa shape index (κ2) is 19.7. The van der Waals surface area contributed by atoms with Gasteiger partial charge in [0.2, 0.25) is 0 Å². The zero-order valence-electron chi connectivity index (χ0n) is 39.8. The van der Waals surface area contributed by atoms with Gasteiger partial charge in [-0.05, 0) is 111 Å². The first-order chi connectivity index (χ1) is 33.4. The third-order valence-corrected chi connectivity index (χ3v) is 17.0. The highest BCUT2D eigenvalue weighted by Gasteiger charge is 2.50. The van der Waals surface area contributed by atoms with Gasteiger partial charge in [0, 0.05) is 101 Å². The number of nitro benzene ring substituents is 1. The normalized spacial score (nSPS) is 23.6. The van der Waals surface area contributed by atoms with Gasteiger partial charge in [-0.3, -0.25) is 24.7 Å². The topological polar surface area (TPSA) is 181 Å². The third-order valence-electron chi connectivity index (χ3n) is 15.7. The fourth-order valence-electron chi connectivity index (χ4n) is 11.7. The molecule has 1 amide bonds. The van der Waals surface area contributed by atoms with Crippen LogP contribution in [0.3, 0.4) is 0 Å². The Balaban J connectivity index is 0.743. The molecule has 4 aromatic rings. The molecule has 18 heteroatoms. The molecule has 4 saturated heterocycles. The van der Waals surface area contributed by atoms with Gasteiger partial charge in [-0.15, -0.1) is 0 Å². The van der Waals surface area contributed by atoms with E-state index in [-0.39, 0.29) is 47.7 Å². The molecule has 0 bridgehead atoms. The summed E-state index contributed by atoms with van der Waals surface area (Å²) in [5.74, 6) is 1.13. The number of nitro groups is 1. The number of hydrogen-bond donors (Lipinski definition) is 2. The molecule has 3 aromatic carbocycles. The average Bonchev–Trinajstić information content (AvgIpc) is 3.35. The largest absolute Gasteiger partial charge is 0.493 e. The lowest BCUT2D eigenvalue weighted by atomic mass is 9.59. The van der Waals surface area contributed by atoms with Crippen molar-refractivity contribution in [1.82, 2.24) is 19.5 Å². The molecule has 5 aliphatic heterocycles. The summed E-state index contributed by atoms with van der Waals surface area (Å²) < 4.78 is 52.1. The number of ether oxygens (including phenoxy) is 4. The Hall–Kier alpha value is -5.53. The lowest BCUT2D eigenvalue weighted by Crippen LogP contribution is -2.59. The van der Waals surface area contributed by atoms with Crippen LogP contribution >= 0.6 is 0 Å². The van der Waals surface area contributed by atoms with Gasteiger partial charge in [-0.2, -0.15) is 0 Å². The fraction of sp³-hybridized carbons (Fsp3) is 0.529. The van der Waals surface area contributed by atoms with Crippen LogP contribution in [0.1, 0.15) is 78.5 Å². The van der Waals surface area contributed by atoms with E-state index in [9.17, 15) is 23.3 Å². The molecular weight excluding hydrogens is 901 g/mol. The number of nitrogens with zero attached hydrogens (tertiary/aromatic N) is 6. The maximum atomic E-state index is 13.5. The Labute approximate surface area is 404 Å². The molecule has 3 atom stereocenters. The number of piperidine rings is 1. The van der Waals surface area contributed by atoms with E-state index in [0.29, 0.717) is 37.9 Å². The van der Waals surface area contributed by atoms with Crippen molar-refractivity contribution >= 4 is 38.8 Å². The number of nitrogens with one attached hydrogen (secondary N) is 2. The number of aromatic nitrogens is 1. The minimum atomic E-state index is -4.49. The SMILES string of the molecule is COc1cc(CN2CCN(C3CC4(CCN(c5ccc(C(=O)NS(=O)(=O)c6cc7c(c([N+](=O)[O-])c6)N[C@H](C6CCOCC6)CO7)cc5)CC4)C3)[C@H](c3ccccc3C)C2)cnc1N1CCOC[C@@H]1C. The number of hydrogen-bond acceptors (Lipinski definition) is 15. The number of carbonyl (C=O) groups excluding carboxylic acids is 1. The quantitative estimate of drug-likeness (QED) is 0.115. The molecule has 69 heavy (non-hydrogen) atoms. The molecule has 1 aromatic heterocycles. The van der Waals surface area contributed by atoms with Gasteiger partial charge < -0.3 is 34.1 Å². The number of piperazine rings is 1. The lowest BCUT2D eigenvalue weighted by molar-refractivity contribution is -0.384. The van der Waals surface area contributed by atoms with Gasteiger partial charge in [-0.25, -0.2) is 18.1 Å². The van der Waals surface area contributed by atoms with E-state index in [4.69, 9.17) is 23.9 Å². The summed E-state index contributed by atoms with van der Waals surface area (Å²) in [7, 11) is -2.76. The summed E-state index contributed by atoms with van der Waals surface area (Å²) in [5.41, 5.74) is 5.01. The second-order valence-electron chi connectivity index (χ2n) is 19.9. The first-order valence-corrected chi connectivity index (χ1v) is 26.0. The summed E-state index contributed by atoms with van der Waals surface area (Å²) in [6.45, 7) is 13.5. The van der Waals surface area contributed by atoms with Crippen molar-refractivity contribution < 1.29 is 37.1 Å². The van der Waals surface area contributed by atoms with E-state index < -0.39 is 31.4 Å². The van der Waals surface area contributed by atoms with Gasteiger partial charge in [0.05, 0.1) is 42.2 Å². The zero-order valence-corrected chi connectivity index (χ0v) is 40.6. The van der Waals surface area contributed by atoms with Crippen molar-refractivity contribution in [2.75, 3.05) is 94.5 Å². The molecule has 2 N–H and O–H groups in total. The summed E-state index contributed by atoms with van der Waals surface area (Å²) >= 11 is 0. The number of rotatable bonds is 12. The number of amides is 1. The van der Waals surface area contributed by atoms with E-state index in [0.717, 1.165) is 100 Å². The smallest absolute Gasteiger partial charge is 0.297 e. The van der Waals surface area contributed by atoms with Crippen molar-refractivity contribution in [3.63, 3.8) is 0 Å². The van der Waals surface area contributed by atoms with Crippen LogP contribution in [0.2, 0.25) is 0 Å². The number of carbonyl (C=O) groups is 1. The van der Waals surface area contributed by atoms with Crippen LogP contribution in [0.5, 0.6) is 11.5 Å². The van der Waals surface area contributed by atoms with Crippen LogP contribution in [-0.4, -0.2) is 132 Å². The number of pyridine rings is 1. The number of morpholine rings is 1. The number of methoxy groups -OCH3 is 1. The van der Waals surface area contributed by atoms with Crippen LogP contribution in [0.4, 0.5) is 22.9 Å². The fourth-order valence-corrected chi connectivity index (χ4v) is 12.7. The van der Waals surface area contributed by atoms with Gasteiger partial charge >= 0.3 is 0 Å². The van der Waals surface area contributed by atoms with Crippen molar-refractivity contribution in [2.24, 2.45) is 11.3 Å². The maximum absolute atomic E-state index is 13.5. The van der Waals surface area contributed by atoms with Crippen LogP contribution in [0, 0.1) is 28.4 Å². The van der Waals surface area contributed by atoms with E-state index in [1.165, 1.54) is 30.0 Å². The van der Waals surface area contributed by atoms with E-state index in [2.05, 4.69) is 73.8 Å². The Morgan fingerprint density at radius 1 is 0.971 bits per heavy atom. The Bertz CT molecular complexity index is 2630. The predicted octanol–water partition coefficient (Wildman–Crippen LogP) is 6.56. The van der Waals surface area contributed by atoms with Crippen LogP contribution in [0.25, 0.3) is 0 Å². The van der Waals surface area contributed by atoms with Gasteiger partial charge in [0.1, 0.15) is 6.61 Å². The Morgan fingerprint density at radius 3 is 2.46 bits per heavy atom. The molecule has 17 nitrogen and oxygen atoms in total. The molecule has 0 unspecified atom stereocenters.